The predicted octanol–water partition coefficient (Wildman–Crippen LogP) is 7.83. The Morgan fingerprint density at radius 1 is 0.971 bits per heavy atom. The normalized spacial score (nSPS) is 23.5. The van der Waals surface area contributed by atoms with Crippen LogP contribution in [0.2, 0.25) is 5.02 Å². The number of hydrogen-bond donors (Lipinski definition) is 4. The van der Waals surface area contributed by atoms with Crippen LogP contribution in [0.25, 0.3) is 22.0 Å². The fourth-order valence-electron chi connectivity index (χ4n) is 11.8. The van der Waals surface area contributed by atoms with Crippen molar-refractivity contribution in [1.82, 2.24) is 25.7 Å². The number of piperidine rings is 1. The number of benzene rings is 4. The zero-order chi connectivity index (χ0) is 47.6. The van der Waals surface area contributed by atoms with Crippen LogP contribution in [0.3, 0.4) is 0 Å². The first-order chi connectivity index (χ1) is 32.7. The van der Waals surface area contributed by atoms with Gasteiger partial charge in [0.15, 0.2) is 23.0 Å². The lowest BCUT2D eigenvalue weighted by atomic mass is 9.60. The van der Waals surface area contributed by atoms with Crippen molar-refractivity contribution in [3.63, 3.8) is 0 Å². The SMILES string of the molecule is COc1ccc(C(N)=O)c(-c2c(Cl)c(F)cc3c2[C@H](C)[C@@](CNC2CCC(C(=O)NC4CC5(CCN(c6cccc7c(N8CCC(=O)NC8=O)nn(C)c67)CC5)C4)CC2)(c2ccccc2)O3)c1F. The van der Waals surface area contributed by atoms with E-state index in [0.717, 1.165) is 86.6 Å². The summed E-state index contributed by atoms with van der Waals surface area (Å²) in [6.07, 6.45) is 7.17. The maximum atomic E-state index is 16.2. The topological polar surface area (TPSA) is 173 Å². The summed E-state index contributed by atoms with van der Waals surface area (Å²) in [7, 11) is 3.19. The number of nitrogens with one attached hydrogen (secondary N) is 3. The van der Waals surface area contributed by atoms with Crippen LogP contribution in [0.4, 0.5) is 25.1 Å². The Hall–Kier alpha value is -6.26. The Bertz CT molecular complexity index is 2840. The van der Waals surface area contributed by atoms with E-state index >= 15 is 8.78 Å². The Kier molecular flexibility index (Phi) is 11.8. The number of methoxy groups -OCH3 is 1. The number of nitrogens with zero attached hydrogens (tertiary/aromatic N) is 4. The van der Waals surface area contributed by atoms with Gasteiger partial charge in [-0.1, -0.05) is 54.9 Å². The molecule has 68 heavy (non-hydrogen) atoms. The Balaban J connectivity index is 0.762. The summed E-state index contributed by atoms with van der Waals surface area (Å²) in [5.41, 5.74) is 7.73. The van der Waals surface area contributed by atoms with Crippen molar-refractivity contribution in [3.8, 4) is 22.6 Å². The first kappa shape index (κ1) is 45.5. The van der Waals surface area contributed by atoms with Gasteiger partial charge in [0.2, 0.25) is 17.7 Å². The lowest BCUT2D eigenvalue weighted by Crippen LogP contribution is -2.56. The number of aromatic nitrogens is 2. The van der Waals surface area contributed by atoms with E-state index in [1.807, 2.05) is 61.1 Å². The number of carbonyl (C=O) groups is 4. The first-order valence-electron chi connectivity index (χ1n) is 23.5. The van der Waals surface area contributed by atoms with Gasteiger partial charge in [0.1, 0.15) is 11.6 Å². The minimum Gasteiger partial charge on any atom is -0.494 e. The summed E-state index contributed by atoms with van der Waals surface area (Å²) in [6, 6.07) is 19.3. The van der Waals surface area contributed by atoms with Gasteiger partial charge in [-0.15, -0.1) is 0 Å². The minimum atomic E-state index is -1.08. The summed E-state index contributed by atoms with van der Waals surface area (Å²) >= 11 is 6.69. The molecule has 0 bridgehead atoms. The number of ether oxygens (including phenoxy) is 2. The zero-order valence-electron chi connectivity index (χ0n) is 38.3. The Morgan fingerprint density at radius 3 is 2.40 bits per heavy atom. The number of para-hydroxylation sites is 1. The molecular formula is C51H55ClF2N8O6. The van der Waals surface area contributed by atoms with Gasteiger partial charge in [0.25, 0.3) is 0 Å². The average molecular weight is 949 g/mol. The molecule has 3 aliphatic heterocycles. The number of anilines is 2. The summed E-state index contributed by atoms with van der Waals surface area (Å²) in [6.45, 7) is 4.28. The second kappa shape index (κ2) is 17.7. The number of hydrogen-bond acceptors (Lipinski definition) is 9. The molecule has 4 heterocycles. The molecule has 14 nitrogen and oxygen atoms in total. The molecule has 1 aromatic heterocycles. The van der Waals surface area contributed by atoms with E-state index in [1.165, 1.54) is 30.2 Å². The van der Waals surface area contributed by atoms with E-state index in [9.17, 15) is 19.2 Å². The van der Waals surface area contributed by atoms with Crippen molar-refractivity contribution in [2.45, 2.75) is 88.3 Å². The molecule has 0 unspecified atom stereocenters. The standard InChI is InChI=1S/C51H55ClF2N8O6/c1-28-40-38(24-35(53)43(52)42(40)41-33(46(55)64)16-17-37(67-3)44(41)54)68-51(28,30-8-5-4-6-9-30)27-56-31-14-12-29(13-15-31)48(65)57-32-25-50(26-32)19-22-61(23-20-50)36-11-7-10-34-45(36)60(2)59-47(34)62-21-18-39(63)58-49(62)66/h4-11,16-17,24,28-29,31-32,56H,12-15,18-23,25-27H2,1-3H3,(H2,55,64)(H,57,65)(H,58,63,66)/t28-,29?,31?,51-/m0/s1. The number of rotatable bonds is 11. The van der Waals surface area contributed by atoms with Crippen molar-refractivity contribution >= 4 is 57.8 Å². The maximum Gasteiger partial charge on any atom is 0.329 e. The molecule has 4 fully saturated rings. The van der Waals surface area contributed by atoms with Crippen LogP contribution < -0.4 is 41.0 Å². The van der Waals surface area contributed by atoms with Crippen LogP contribution in [-0.4, -0.2) is 78.9 Å². The molecule has 2 aliphatic carbocycles. The van der Waals surface area contributed by atoms with Gasteiger partial charge < -0.3 is 30.7 Å². The van der Waals surface area contributed by atoms with Gasteiger partial charge in [-0.05, 0) is 86.6 Å². The highest BCUT2D eigenvalue weighted by Crippen LogP contribution is 2.57. The number of halogens is 3. The van der Waals surface area contributed by atoms with E-state index in [4.69, 9.17) is 31.9 Å². The smallest absolute Gasteiger partial charge is 0.329 e. The van der Waals surface area contributed by atoms with Crippen molar-refractivity contribution < 1.29 is 37.4 Å². The second-order valence-corrected chi connectivity index (χ2v) is 19.7. The molecule has 5 aromatic rings. The molecule has 5 N–H and O–H groups in total. The molecule has 5 aliphatic rings. The van der Waals surface area contributed by atoms with Crippen molar-refractivity contribution in [3.05, 3.63) is 100 Å². The quantitative estimate of drug-likeness (QED) is 0.103. The van der Waals surface area contributed by atoms with Crippen LogP contribution >= 0.6 is 11.6 Å². The molecule has 2 saturated heterocycles. The lowest BCUT2D eigenvalue weighted by Gasteiger charge is -2.53. The van der Waals surface area contributed by atoms with Gasteiger partial charge in [-0.2, -0.15) is 5.10 Å². The summed E-state index contributed by atoms with van der Waals surface area (Å²) in [4.78, 5) is 54.8. The molecule has 0 radical (unpaired) electrons. The van der Waals surface area contributed by atoms with Crippen LogP contribution in [0.15, 0.2) is 66.7 Å². The number of aryl methyl sites for hydroxylation is 1. The summed E-state index contributed by atoms with van der Waals surface area (Å²) < 4.78 is 45.9. The molecule has 356 valence electrons. The zero-order valence-corrected chi connectivity index (χ0v) is 39.1. The Morgan fingerprint density at radius 2 is 1.71 bits per heavy atom. The van der Waals surface area contributed by atoms with Crippen LogP contribution in [0, 0.1) is 23.0 Å². The highest BCUT2D eigenvalue weighted by atomic mass is 35.5. The third-order valence-electron chi connectivity index (χ3n) is 15.5. The molecule has 2 saturated carbocycles. The number of fused-ring (bicyclic) bond motifs is 2. The van der Waals surface area contributed by atoms with Gasteiger partial charge in [-0.3, -0.25) is 29.3 Å². The average Bonchev–Trinajstić information content (AvgIpc) is 3.81. The number of amides is 5. The number of primary amides is 1. The molecule has 4 aromatic carbocycles. The van der Waals surface area contributed by atoms with Crippen molar-refractivity contribution in [2.24, 2.45) is 24.1 Å². The van der Waals surface area contributed by atoms with E-state index in [0.29, 0.717) is 17.9 Å². The van der Waals surface area contributed by atoms with E-state index < -0.39 is 35.1 Å². The second-order valence-electron chi connectivity index (χ2n) is 19.3. The third kappa shape index (κ3) is 7.78. The largest absolute Gasteiger partial charge is 0.494 e. The van der Waals surface area contributed by atoms with Gasteiger partial charge in [0, 0.05) is 91.7 Å². The van der Waals surface area contributed by atoms with Crippen LogP contribution in [0.5, 0.6) is 11.5 Å². The fourth-order valence-corrected chi connectivity index (χ4v) is 12.0. The highest BCUT2D eigenvalue weighted by molar-refractivity contribution is 6.34. The number of nitrogens with two attached hydrogens (primary N) is 1. The van der Waals surface area contributed by atoms with Crippen molar-refractivity contribution in [1.29, 1.82) is 0 Å². The third-order valence-corrected chi connectivity index (χ3v) is 15.9. The van der Waals surface area contributed by atoms with Gasteiger partial charge in [-0.25, -0.2) is 13.6 Å². The summed E-state index contributed by atoms with van der Waals surface area (Å²) in [5.74, 6) is -2.82. The molecule has 1 spiro atoms. The predicted molar refractivity (Wildman–Crippen MR) is 254 cm³/mol. The number of urea groups is 1. The van der Waals surface area contributed by atoms with Crippen LogP contribution in [0.1, 0.15) is 92.1 Å². The number of imide groups is 1. The van der Waals surface area contributed by atoms with Crippen LogP contribution in [-0.2, 0) is 22.2 Å². The molecule has 10 rings (SSSR count). The minimum absolute atomic E-state index is 0.00716. The van der Waals surface area contributed by atoms with Gasteiger partial charge >= 0.3 is 6.03 Å². The van der Waals surface area contributed by atoms with Gasteiger partial charge in [0.05, 0.1) is 28.9 Å². The lowest BCUT2D eigenvalue weighted by molar-refractivity contribution is -0.128. The van der Waals surface area contributed by atoms with Crippen molar-refractivity contribution in [2.75, 3.05) is 43.1 Å². The first-order valence-corrected chi connectivity index (χ1v) is 23.9. The van der Waals surface area contributed by atoms with E-state index in [1.54, 1.807) is 0 Å². The maximum absolute atomic E-state index is 16.2. The Labute approximate surface area is 397 Å². The number of carbonyl (C=O) groups excluding carboxylic acids is 4. The van der Waals surface area contributed by atoms with E-state index in [2.05, 4.69) is 26.9 Å². The van der Waals surface area contributed by atoms with E-state index in [-0.39, 0.29) is 81.4 Å². The molecule has 2 atom stereocenters. The molecular weight excluding hydrogens is 894 g/mol. The summed E-state index contributed by atoms with van der Waals surface area (Å²) in [5, 5.41) is 14.8. The molecule has 5 amide bonds. The fraction of sp³-hybridized carbons (Fsp3) is 0.431. The highest BCUT2D eigenvalue weighted by Gasteiger charge is 2.51. The molecule has 17 heteroatoms. The monoisotopic (exact) mass is 948 g/mol.